The molecule has 0 spiro atoms. The lowest BCUT2D eigenvalue weighted by Gasteiger charge is -2.39. The number of hydrogen-bond donors (Lipinski definition) is 0. The zero-order valence-corrected chi connectivity index (χ0v) is 20.0. The fourth-order valence-electron chi connectivity index (χ4n) is 5.09. The molecule has 2 saturated heterocycles. The van der Waals surface area contributed by atoms with Gasteiger partial charge in [-0.1, -0.05) is 48.5 Å². The summed E-state index contributed by atoms with van der Waals surface area (Å²) in [6, 6.07) is 19.9. The van der Waals surface area contributed by atoms with Crippen LogP contribution in [0.25, 0.3) is 10.9 Å². The smallest absolute Gasteiger partial charge is 0.257 e. The molecule has 2 fully saturated rings. The molecule has 0 unspecified atom stereocenters. The van der Waals surface area contributed by atoms with Gasteiger partial charge in [-0.3, -0.25) is 9.59 Å². The van der Waals surface area contributed by atoms with Crippen LogP contribution >= 0.6 is 0 Å². The van der Waals surface area contributed by atoms with Crippen LogP contribution in [-0.4, -0.2) is 65.9 Å². The first-order valence-corrected chi connectivity index (χ1v) is 12.2. The van der Waals surface area contributed by atoms with Crippen LogP contribution in [0.2, 0.25) is 0 Å². The molecule has 0 bridgehead atoms. The van der Waals surface area contributed by atoms with Gasteiger partial charge in [-0.15, -0.1) is 0 Å². The number of pyridine rings is 1. The van der Waals surface area contributed by atoms with Gasteiger partial charge in [-0.2, -0.15) is 0 Å². The number of carbonyl (C=O) groups excluding carboxylic acids is 2. The van der Waals surface area contributed by atoms with Crippen LogP contribution in [0.5, 0.6) is 0 Å². The van der Waals surface area contributed by atoms with Crippen molar-refractivity contribution >= 4 is 28.5 Å². The molecule has 6 nitrogen and oxygen atoms in total. The number of amides is 2. The first-order chi connectivity index (χ1) is 16.4. The van der Waals surface area contributed by atoms with Crippen LogP contribution in [0.3, 0.4) is 0 Å². The van der Waals surface area contributed by atoms with Gasteiger partial charge in [0.25, 0.3) is 5.91 Å². The number of nitrogens with zero attached hydrogens (tertiary/aromatic N) is 4. The zero-order chi connectivity index (χ0) is 23.7. The lowest BCUT2D eigenvalue weighted by Crippen LogP contribution is -2.54. The monoisotopic (exact) mass is 456 g/mol. The minimum atomic E-state index is -0.599. The number of aromatic nitrogens is 1. The molecule has 3 aromatic rings. The SMILES string of the molecule is CC(C)(C(=O)N1CCN(C(=O)c2cc3ccccc3nc2N2CCCC2)CC1)c1ccccc1. The molecule has 0 atom stereocenters. The highest BCUT2D eigenvalue weighted by Gasteiger charge is 2.36. The molecule has 0 radical (unpaired) electrons. The zero-order valence-electron chi connectivity index (χ0n) is 20.0. The average molecular weight is 457 g/mol. The predicted octanol–water partition coefficient (Wildman–Crippen LogP) is 4.10. The van der Waals surface area contributed by atoms with Crippen molar-refractivity contribution < 1.29 is 9.59 Å². The Morgan fingerprint density at radius 2 is 1.41 bits per heavy atom. The van der Waals surface area contributed by atoms with Crippen LogP contribution in [0.1, 0.15) is 42.6 Å². The summed E-state index contributed by atoms with van der Waals surface area (Å²) >= 11 is 0. The summed E-state index contributed by atoms with van der Waals surface area (Å²) in [5.74, 6) is 0.912. The third-order valence-corrected chi connectivity index (χ3v) is 7.22. The van der Waals surface area contributed by atoms with Crippen LogP contribution < -0.4 is 4.90 Å². The molecule has 6 heteroatoms. The number of hydrogen-bond acceptors (Lipinski definition) is 4. The summed E-state index contributed by atoms with van der Waals surface area (Å²) in [5.41, 5.74) is 2.00. The summed E-state index contributed by atoms with van der Waals surface area (Å²) in [6.45, 7) is 7.96. The summed E-state index contributed by atoms with van der Waals surface area (Å²) < 4.78 is 0. The van der Waals surface area contributed by atoms with Crippen LogP contribution in [0.15, 0.2) is 60.7 Å². The summed E-state index contributed by atoms with van der Waals surface area (Å²) in [6.07, 6.45) is 2.25. The highest BCUT2D eigenvalue weighted by atomic mass is 16.2. The Morgan fingerprint density at radius 1 is 0.794 bits per heavy atom. The van der Waals surface area contributed by atoms with Gasteiger partial charge in [0.1, 0.15) is 5.82 Å². The van der Waals surface area contributed by atoms with Gasteiger partial charge >= 0.3 is 0 Å². The van der Waals surface area contributed by atoms with E-state index in [9.17, 15) is 9.59 Å². The van der Waals surface area contributed by atoms with Gasteiger partial charge in [0.05, 0.1) is 16.5 Å². The molecule has 34 heavy (non-hydrogen) atoms. The average Bonchev–Trinajstić information content (AvgIpc) is 3.42. The molecule has 1 aromatic heterocycles. The predicted molar refractivity (Wildman–Crippen MR) is 135 cm³/mol. The first kappa shape index (κ1) is 22.4. The van der Waals surface area contributed by atoms with E-state index in [2.05, 4.69) is 4.90 Å². The Hall–Kier alpha value is -3.41. The maximum absolute atomic E-state index is 13.7. The van der Waals surface area contributed by atoms with Crippen molar-refractivity contribution in [3.63, 3.8) is 0 Å². The van der Waals surface area contributed by atoms with E-state index < -0.39 is 5.41 Å². The topological polar surface area (TPSA) is 56.8 Å². The molecule has 2 aliphatic rings. The van der Waals surface area contributed by atoms with Crippen molar-refractivity contribution in [2.24, 2.45) is 0 Å². The van der Waals surface area contributed by atoms with E-state index in [0.717, 1.165) is 48.2 Å². The number of benzene rings is 2. The minimum Gasteiger partial charge on any atom is -0.356 e. The van der Waals surface area contributed by atoms with Gasteiger partial charge < -0.3 is 14.7 Å². The van der Waals surface area contributed by atoms with Gasteiger partial charge in [0, 0.05) is 44.7 Å². The number of anilines is 1. The van der Waals surface area contributed by atoms with E-state index in [1.165, 1.54) is 0 Å². The highest BCUT2D eigenvalue weighted by Crippen LogP contribution is 2.29. The normalized spacial score (nSPS) is 16.8. The summed E-state index contributed by atoms with van der Waals surface area (Å²) in [7, 11) is 0. The number of carbonyl (C=O) groups is 2. The van der Waals surface area contributed by atoms with E-state index in [1.807, 2.05) is 84.3 Å². The molecule has 0 aliphatic carbocycles. The van der Waals surface area contributed by atoms with Crippen molar-refractivity contribution in [1.29, 1.82) is 0 Å². The van der Waals surface area contributed by atoms with Crippen LogP contribution in [0, 0.1) is 0 Å². The van der Waals surface area contributed by atoms with E-state index in [4.69, 9.17) is 4.98 Å². The van der Waals surface area contributed by atoms with Gasteiger partial charge in [-0.25, -0.2) is 4.98 Å². The highest BCUT2D eigenvalue weighted by molar-refractivity contribution is 6.02. The van der Waals surface area contributed by atoms with Crippen molar-refractivity contribution in [3.8, 4) is 0 Å². The molecular weight excluding hydrogens is 424 g/mol. The van der Waals surface area contributed by atoms with Crippen LogP contribution in [0.4, 0.5) is 5.82 Å². The molecule has 0 N–H and O–H groups in total. The molecular formula is C28H32N4O2. The van der Waals surface area contributed by atoms with E-state index >= 15 is 0 Å². The molecule has 3 heterocycles. The van der Waals surface area contributed by atoms with Crippen LogP contribution in [-0.2, 0) is 10.2 Å². The van der Waals surface area contributed by atoms with Gasteiger partial charge in [0.2, 0.25) is 5.91 Å². The third kappa shape index (κ3) is 4.13. The fourth-order valence-corrected chi connectivity index (χ4v) is 5.09. The quantitative estimate of drug-likeness (QED) is 0.593. The lowest BCUT2D eigenvalue weighted by molar-refractivity contribution is -0.137. The number of piperazine rings is 1. The Morgan fingerprint density at radius 3 is 2.12 bits per heavy atom. The molecule has 5 rings (SSSR count). The molecule has 0 saturated carbocycles. The standard InChI is InChI=1S/C28H32N4O2/c1-28(2,22-11-4-3-5-12-22)27(34)32-18-16-31(17-19-32)26(33)23-20-21-10-6-7-13-24(21)29-25(23)30-14-8-9-15-30/h3-7,10-13,20H,8-9,14-19H2,1-2H3. The molecule has 176 valence electrons. The van der Waals surface area contributed by atoms with Crippen molar-refractivity contribution in [3.05, 3.63) is 71.8 Å². The Labute approximate surface area is 201 Å². The Kier molecular flexibility index (Phi) is 5.98. The second kappa shape index (κ2) is 9.09. The van der Waals surface area contributed by atoms with Gasteiger partial charge in [0.15, 0.2) is 0 Å². The molecule has 2 aromatic carbocycles. The van der Waals surface area contributed by atoms with Crippen molar-refractivity contribution in [2.45, 2.75) is 32.1 Å². The number of rotatable bonds is 4. The number of para-hydroxylation sites is 1. The Balaban J connectivity index is 1.34. The Bertz CT molecular complexity index is 1190. The second-order valence-corrected chi connectivity index (χ2v) is 9.82. The van der Waals surface area contributed by atoms with E-state index in [0.29, 0.717) is 31.7 Å². The molecule has 2 amide bonds. The maximum Gasteiger partial charge on any atom is 0.257 e. The first-order valence-electron chi connectivity index (χ1n) is 12.2. The molecule has 2 aliphatic heterocycles. The van der Waals surface area contributed by atoms with E-state index in [-0.39, 0.29) is 11.8 Å². The minimum absolute atomic E-state index is 0.00886. The maximum atomic E-state index is 13.7. The lowest BCUT2D eigenvalue weighted by atomic mass is 9.83. The fraction of sp³-hybridized carbons (Fsp3) is 0.393. The summed E-state index contributed by atoms with van der Waals surface area (Å²) in [5, 5.41) is 0.979. The van der Waals surface area contributed by atoms with Crippen molar-refractivity contribution in [1.82, 2.24) is 14.8 Å². The second-order valence-electron chi connectivity index (χ2n) is 9.82. The summed E-state index contributed by atoms with van der Waals surface area (Å²) in [4.78, 5) is 37.9. The third-order valence-electron chi connectivity index (χ3n) is 7.22. The van der Waals surface area contributed by atoms with E-state index in [1.54, 1.807) is 0 Å². The van der Waals surface area contributed by atoms with Gasteiger partial charge in [-0.05, 0) is 44.4 Å². The number of fused-ring (bicyclic) bond motifs is 1. The van der Waals surface area contributed by atoms with Crippen molar-refractivity contribution in [2.75, 3.05) is 44.2 Å². The largest absolute Gasteiger partial charge is 0.356 e.